The number of nitrogens with zero attached hydrogens (tertiary/aromatic N) is 1. The minimum atomic E-state index is 0.708. The van der Waals surface area contributed by atoms with Gasteiger partial charge in [0.05, 0.1) is 11.6 Å². The number of hydrogen-bond donors (Lipinski definition) is 0. The van der Waals surface area contributed by atoms with E-state index >= 15 is 0 Å². The van der Waals surface area contributed by atoms with Crippen LogP contribution in [0.15, 0.2) is 24.3 Å². The largest absolute Gasteiger partial charge is 0.192 e. The van der Waals surface area contributed by atoms with Gasteiger partial charge in [0, 0.05) is 0 Å². The number of unbranched alkanes of at least 4 members (excludes halogenated alkanes) is 2. The minimum Gasteiger partial charge on any atom is -0.192 e. The van der Waals surface area contributed by atoms with Crippen molar-refractivity contribution in [1.82, 2.24) is 0 Å². The molecule has 1 heteroatoms. The van der Waals surface area contributed by atoms with Gasteiger partial charge in [-0.15, -0.1) is 0 Å². The molecule has 1 aliphatic rings. The van der Waals surface area contributed by atoms with E-state index in [9.17, 15) is 0 Å². The van der Waals surface area contributed by atoms with Crippen LogP contribution in [0.25, 0.3) is 0 Å². The molecule has 1 aromatic carbocycles. The summed E-state index contributed by atoms with van der Waals surface area (Å²) in [7, 11) is 0. The Kier molecular flexibility index (Phi) is 5.65. The first-order valence-electron chi connectivity index (χ1n) is 8.24. The molecule has 1 fully saturated rings. The first kappa shape index (κ1) is 15.1. The van der Waals surface area contributed by atoms with E-state index in [-0.39, 0.29) is 0 Å². The Morgan fingerprint density at radius 2 is 1.90 bits per heavy atom. The van der Waals surface area contributed by atoms with Crippen LogP contribution in [-0.4, -0.2) is 0 Å². The molecular weight excluding hydrogens is 242 g/mol. The van der Waals surface area contributed by atoms with E-state index in [4.69, 9.17) is 5.26 Å². The molecule has 20 heavy (non-hydrogen) atoms. The second-order valence-electron chi connectivity index (χ2n) is 6.48. The molecule has 1 aromatic rings. The molecule has 1 nitrogen and oxygen atoms in total. The van der Waals surface area contributed by atoms with E-state index in [1.807, 2.05) is 12.1 Å². The molecule has 3 unspecified atom stereocenters. The molecule has 2 rings (SSSR count). The lowest BCUT2D eigenvalue weighted by Gasteiger charge is -2.34. The van der Waals surface area contributed by atoms with E-state index in [0.717, 1.165) is 17.4 Å². The zero-order valence-corrected chi connectivity index (χ0v) is 12.9. The highest BCUT2D eigenvalue weighted by Gasteiger charge is 2.27. The van der Waals surface area contributed by atoms with Crippen molar-refractivity contribution in [3.05, 3.63) is 35.4 Å². The van der Waals surface area contributed by atoms with Gasteiger partial charge in [-0.2, -0.15) is 5.26 Å². The predicted octanol–water partition coefficient (Wildman–Crippen LogP) is 5.66. The Morgan fingerprint density at radius 3 is 2.50 bits per heavy atom. The first-order valence-corrected chi connectivity index (χ1v) is 8.24. The van der Waals surface area contributed by atoms with Crippen LogP contribution < -0.4 is 0 Å². The Balaban J connectivity index is 1.89. The van der Waals surface area contributed by atoms with E-state index in [0.29, 0.717) is 5.92 Å². The molecule has 0 aliphatic heterocycles. The van der Waals surface area contributed by atoms with Crippen LogP contribution in [0.3, 0.4) is 0 Å². The fourth-order valence-electron chi connectivity index (χ4n) is 3.68. The molecule has 0 spiro atoms. The van der Waals surface area contributed by atoms with Crippen LogP contribution >= 0.6 is 0 Å². The first-order chi connectivity index (χ1) is 9.74. The fraction of sp³-hybridized carbons (Fsp3) is 0.632. The quantitative estimate of drug-likeness (QED) is 0.633. The van der Waals surface area contributed by atoms with Crippen molar-refractivity contribution in [3.8, 4) is 6.07 Å². The topological polar surface area (TPSA) is 23.8 Å². The fourth-order valence-corrected chi connectivity index (χ4v) is 3.68. The summed E-state index contributed by atoms with van der Waals surface area (Å²) >= 11 is 0. The smallest absolute Gasteiger partial charge is 0.0991 e. The van der Waals surface area contributed by atoms with E-state index in [1.54, 1.807) is 0 Å². The van der Waals surface area contributed by atoms with Crippen LogP contribution in [0, 0.1) is 23.2 Å². The van der Waals surface area contributed by atoms with Gasteiger partial charge in [0.2, 0.25) is 0 Å². The Hall–Kier alpha value is -1.29. The summed E-state index contributed by atoms with van der Waals surface area (Å²) in [5.41, 5.74) is 2.21. The van der Waals surface area contributed by atoms with E-state index in [1.165, 1.54) is 50.5 Å². The molecule has 3 atom stereocenters. The van der Waals surface area contributed by atoms with E-state index < -0.39 is 0 Å². The Bertz CT molecular complexity index is 440. The molecule has 0 N–H and O–H groups in total. The van der Waals surface area contributed by atoms with Gasteiger partial charge < -0.3 is 0 Å². The van der Waals surface area contributed by atoms with Crippen LogP contribution in [-0.2, 0) is 0 Å². The Labute approximate surface area is 124 Å². The summed E-state index contributed by atoms with van der Waals surface area (Å²) in [5, 5.41) is 8.87. The molecule has 1 saturated carbocycles. The van der Waals surface area contributed by atoms with Gasteiger partial charge in [0.15, 0.2) is 0 Å². The van der Waals surface area contributed by atoms with Crippen molar-refractivity contribution >= 4 is 0 Å². The van der Waals surface area contributed by atoms with Gasteiger partial charge >= 0.3 is 0 Å². The van der Waals surface area contributed by atoms with E-state index in [2.05, 4.69) is 32.0 Å². The molecule has 0 saturated heterocycles. The van der Waals surface area contributed by atoms with Gasteiger partial charge in [-0.1, -0.05) is 51.7 Å². The monoisotopic (exact) mass is 269 g/mol. The highest BCUT2D eigenvalue weighted by molar-refractivity contribution is 5.33. The van der Waals surface area contributed by atoms with Gasteiger partial charge in [-0.05, 0) is 54.7 Å². The van der Waals surface area contributed by atoms with Crippen LogP contribution in [0.2, 0.25) is 0 Å². The van der Waals surface area contributed by atoms with Crippen LogP contribution in [0.1, 0.15) is 75.8 Å². The van der Waals surface area contributed by atoms with Gasteiger partial charge in [0.25, 0.3) is 0 Å². The third-order valence-corrected chi connectivity index (χ3v) is 5.04. The van der Waals surface area contributed by atoms with Gasteiger partial charge in [0.1, 0.15) is 0 Å². The summed E-state index contributed by atoms with van der Waals surface area (Å²) in [6.45, 7) is 4.72. The number of nitriles is 1. The summed E-state index contributed by atoms with van der Waals surface area (Å²) in [5.74, 6) is 2.50. The van der Waals surface area contributed by atoms with Crippen molar-refractivity contribution in [2.45, 2.75) is 64.7 Å². The average molecular weight is 269 g/mol. The van der Waals surface area contributed by atoms with Crippen molar-refractivity contribution in [3.63, 3.8) is 0 Å². The number of rotatable bonds is 5. The zero-order chi connectivity index (χ0) is 14.4. The maximum absolute atomic E-state index is 8.87. The molecule has 0 amide bonds. The van der Waals surface area contributed by atoms with Gasteiger partial charge in [-0.3, -0.25) is 0 Å². The SMILES string of the molecule is CCCCCC1CCC(c2ccc(C#N)cc2)CC1C. The van der Waals surface area contributed by atoms with Gasteiger partial charge in [-0.25, -0.2) is 0 Å². The second kappa shape index (κ2) is 7.48. The zero-order valence-electron chi connectivity index (χ0n) is 12.9. The lowest BCUT2D eigenvalue weighted by molar-refractivity contribution is 0.215. The second-order valence-corrected chi connectivity index (χ2v) is 6.48. The standard InChI is InChI=1S/C19H27N/c1-3-4-5-6-17-11-12-19(13-15(17)2)18-9-7-16(14-20)8-10-18/h7-10,15,17,19H,3-6,11-13H2,1-2H3. The number of hydrogen-bond acceptors (Lipinski definition) is 1. The molecular formula is C19H27N. The molecule has 0 heterocycles. The highest BCUT2D eigenvalue weighted by Crippen LogP contribution is 2.41. The summed E-state index contributed by atoms with van der Waals surface area (Å²) in [6, 6.07) is 10.5. The predicted molar refractivity (Wildman–Crippen MR) is 84.5 cm³/mol. The van der Waals surface area contributed by atoms with Crippen LogP contribution in [0.5, 0.6) is 0 Å². The molecule has 108 valence electrons. The minimum absolute atomic E-state index is 0.708. The Morgan fingerprint density at radius 1 is 1.15 bits per heavy atom. The molecule has 1 aliphatic carbocycles. The summed E-state index contributed by atoms with van der Waals surface area (Å²) < 4.78 is 0. The van der Waals surface area contributed by atoms with Crippen molar-refractivity contribution < 1.29 is 0 Å². The maximum atomic E-state index is 8.87. The normalized spacial score (nSPS) is 26.1. The molecule has 0 aromatic heterocycles. The van der Waals surface area contributed by atoms with Crippen molar-refractivity contribution in [1.29, 1.82) is 5.26 Å². The highest BCUT2D eigenvalue weighted by atomic mass is 14.3. The summed E-state index contributed by atoms with van der Waals surface area (Å²) in [6.07, 6.45) is 9.59. The average Bonchev–Trinajstić information content (AvgIpc) is 2.49. The van der Waals surface area contributed by atoms with Crippen molar-refractivity contribution in [2.75, 3.05) is 0 Å². The molecule has 0 radical (unpaired) electrons. The lowest BCUT2D eigenvalue weighted by atomic mass is 9.71. The third-order valence-electron chi connectivity index (χ3n) is 5.04. The van der Waals surface area contributed by atoms with Crippen molar-refractivity contribution in [2.24, 2.45) is 11.8 Å². The molecule has 0 bridgehead atoms. The third kappa shape index (κ3) is 3.85. The lowest BCUT2D eigenvalue weighted by Crippen LogP contribution is -2.22. The number of benzene rings is 1. The maximum Gasteiger partial charge on any atom is 0.0991 e. The van der Waals surface area contributed by atoms with Crippen LogP contribution in [0.4, 0.5) is 0 Å². The summed E-state index contributed by atoms with van der Waals surface area (Å²) in [4.78, 5) is 0.